The van der Waals surface area contributed by atoms with Crippen molar-refractivity contribution in [1.29, 1.82) is 0 Å². The topological polar surface area (TPSA) is 68.9 Å². The number of ether oxygens (including phenoxy) is 2. The molecule has 1 atom stereocenters. The van der Waals surface area contributed by atoms with E-state index < -0.39 is 12.1 Å². The van der Waals surface area contributed by atoms with Gasteiger partial charge < -0.3 is 19.0 Å². The molecule has 0 radical (unpaired) electrons. The molecule has 0 aliphatic carbocycles. The van der Waals surface area contributed by atoms with Crippen molar-refractivity contribution in [1.82, 2.24) is 0 Å². The maximum absolute atomic E-state index is 11.1. The van der Waals surface area contributed by atoms with Crippen molar-refractivity contribution in [3.8, 4) is 0 Å². The van der Waals surface area contributed by atoms with Gasteiger partial charge in [0.2, 0.25) is 5.76 Å². The average molecular weight is 242 g/mol. The lowest BCUT2D eigenvalue weighted by Gasteiger charge is -2.07. The summed E-state index contributed by atoms with van der Waals surface area (Å²) in [6.07, 6.45) is 0.627. The molecule has 1 unspecified atom stereocenters. The molecule has 1 aromatic heterocycles. The van der Waals surface area contributed by atoms with Crippen LogP contribution in [0.3, 0.4) is 0 Å². The molecule has 5 nitrogen and oxygen atoms in total. The Bertz CT molecular complexity index is 344. The number of aliphatic hydroxyl groups excluding tert-OH is 1. The summed E-state index contributed by atoms with van der Waals surface area (Å²) < 4.78 is 14.9. The van der Waals surface area contributed by atoms with E-state index in [2.05, 4.69) is 4.74 Å². The minimum atomic E-state index is -0.759. The summed E-state index contributed by atoms with van der Waals surface area (Å²) in [5.74, 6) is -0.104. The minimum Gasteiger partial charge on any atom is -0.463 e. The van der Waals surface area contributed by atoms with Crippen molar-refractivity contribution >= 4 is 5.97 Å². The van der Waals surface area contributed by atoms with Gasteiger partial charge in [-0.2, -0.15) is 0 Å². The summed E-state index contributed by atoms with van der Waals surface area (Å²) in [6, 6.07) is 3.05. The van der Waals surface area contributed by atoms with Crippen LogP contribution in [-0.4, -0.2) is 31.4 Å². The van der Waals surface area contributed by atoms with Gasteiger partial charge in [-0.05, 0) is 18.6 Å². The van der Waals surface area contributed by atoms with Gasteiger partial charge in [-0.25, -0.2) is 4.79 Å². The molecule has 0 amide bonds. The van der Waals surface area contributed by atoms with Crippen LogP contribution in [0.15, 0.2) is 16.5 Å². The molecule has 0 aliphatic heterocycles. The average Bonchev–Trinajstić information content (AvgIpc) is 2.83. The van der Waals surface area contributed by atoms with Crippen LogP contribution in [0.5, 0.6) is 0 Å². The standard InChI is InChI=1S/C12H18O5/c1-3-7-16-8-6-9(13)10-4-5-11(17-10)12(14)15-2/h4-5,9,13H,3,6-8H2,1-2H3. The van der Waals surface area contributed by atoms with Gasteiger partial charge in [0.05, 0.1) is 7.11 Å². The van der Waals surface area contributed by atoms with Crippen molar-refractivity contribution in [2.75, 3.05) is 20.3 Å². The van der Waals surface area contributed by atoms with Crippen molar-refractivity contribution < 1.29 is 23.8 Å². The summed E-state index contributed by atoms with van der Waals surface area (Å²) in [7, 11) is 1.28. The van der Waals surface area contributed by atoms with E-state index in [1.54, 1.807) is 6.07 Å². The summed E-state index contributed by atoms with van der Waals surface area (Å²) in [6.45, 7) is 3.16. The molecule has 1 aromatic rings. The van der Waals surface area contributed by atoms with Crippen LogP contribution in [-0.2, 0) is 9.47 Å². The first-order chi connectivity index (χ1) is 8.19. The Balaban J connectivity index is 2.43. The van der Waals surface area contributed by atoms with E-state index in [1.165, 1.54) is 13.2 Å². The van der Waals surface area contributed by atoms with E-state index in [4.69, 9.17) is 9.15 Å². The first kappa shape index (κ1) is 13.7. The number of aliphatic hydroxyl groups is 1. The molecular weight excluding hydrogens is 224 g/mol. The molecule has 0 saturated heterocycles. The molecule has 5 heteroatoms. The van der Waals surface area contributed by atoms with Gasteiger partial charge in [0, 0.05) is 19.6 Å². The van der Waals surface area contributed by atoms with Crippen LogP contribution in [0, 0.1) is 0 Å². The van der Waals surface area contributed by atoms with E-state index in [9.17, 15) is 9.90 Å². The van der Waals surface area contributed by atoms with Gasteiger partial charge in [-0.15, -0.1) is 0 Å². The van der Waals surface area contributed by atoms with E-state index in [1.807, 2.05) is 6.92 Å². The fourth-order valence-corrected chi connectivity index (χ4v) is 1.33. The van der Waals surface area contributed by atoms with Crippen LogP contribution in [0.2, 0.25) is 0 Å². The molecule has 96 valence electrons. The quantitative estimate of drug-likeness (QED) is 0.584. The van der Waals surface area contributed by atoms with Crippen LogP contribution in [0.4, 0.5) is 0 Å². The summed E-state index contributed by atoms with van der Waals surface area (Å²) in [4.78, 5) is 11.1. The first-order valence-electron chi connectivity index (χ1n) is 5.63. The smallest absolute Gasteiger partial charge is 0.373 e. The molecule has 0 saturated carbocycles. The maximum Gasteiger partial charge on any atom is 0.373 e. The predicted molar refractivity (Wildman–Crippen MR) is 60.7 cm³/mol. The Kier molecular flexibility index (Phi) is 5.72. The second-order valence-electron chi connectivity index (χ2n) is 3.61. The lowest BCUT2D eigenvalue weighted by atomic mass is 10.2. The number of methoxy groups -OCH3 is 1. The van der Waals surface area contributed by atoms with E-state index in [0.717, 1.165) is 6.42 Å². The molecule has 1 heterocycles. The zero-order valence-electron chi connectivity index (χ0n) is 10.1. The van der Waals surface area contributed by atoms with Gasteiger partial charge in [0.25, 0.3) is 0 Å². The van der Waals surface area contributed by atoms with Gasteiger partial charge in [-0.1, -0.05) is 6.92 Å². The minimum absolute atomic E-state index is 0.0935. The third kappa shape index (κ3) is 4.20. The fraction of sp³-hybridized carbons (Fsp3) is 0.583. The number of carbonyl (C=O) groups excluding carboxylic acids is 1. The first-order valence-corrected chi connectivity index (χ1v) is 5.63. The van der Waals surface area contributed by atoms with Crippen molar-refractivity contribution in [3.05, 3.63) is 23.7 Å². The molecule has 1 N–H and O–H groups in total. The number of rotatable bonds is 7. The van der Waals surface area contributed by atoms with E-state index in [-0.39, 0.29) is 5.76 Å². The number of hydrogen-bond donors (Lipinski definition) is 1. The van der Waals surface area contributed by atoms with Gasteiger partial charge in [-0.3, -0.25) is 0 Å². The summed E-state index contributed by atoms with van der Waals surface area (Å²) >= 11 is 0. The Morgan fingerprint density at radius 3 is 2.88 bits per heavy atom. The van der Waals surface area contributed by atoms with Crippen molar-refractivity contribution in [2.24, 2.45) is 0 Å². The van der Waals surface area contributed by atoms with Crippen LogP contribution in [0.25, 0.3) is 0 Å². The fourth-order valence-electron chi connectivity index (χ4n) is 1.33. The third-order valence-electron chi connectivity index (χ3n) is 2.23. The zero-order valence-corrected chi connectivity index (χ0v) is 10.1. The highest BCUT2D eigenvalue weighted by Crippen LogP contribution is 2.20. The Labute approximate surface area is 100 Å². The maximum atomic E-state index is 11.1. The molecular formula is C12H18O5. The monoisotopic (exact) mass is 242 g/mol. The van der Waals surface area contributed by atoms with Gasteiger partial charge in [0.1, 0.15) is 11.9 Å². The molecule has 1 rings (SSSR count). The van der Waals surface area contributed by atoms with Crippen molar-refractivity contribution in [3.63, 3.8) is 0 Å². The second-order valence-corrected chi connectivity index (χ2v) is 3.61. The summed E-state index contributed by atoms with van der Waals surface area (Å²) in [5.41, 5.74) is 0. The highest BCUT2D eigenvalue weighted by Gasteiger charge is 2.16. The molecule has 17 heavy (non-hydrogen) atoms. The second kappa shape index (κ2) is 7.09. The van der Waals surface area contributed by atoms with Crippen LogP contribution in [0.1, 0.15) is 42.2 Å². The Hall–Kier alpha value is -1.33. The van der Waals surface area contributed by atoms with Crippen molar-refractivity contribution in [2.45, 2.75) is 25.9 Å². The predicted octanol–water partition coefficient (Wildman–Crippen LogP) is 1.92. The van der Waals surface area contributed by atoms with Gasteiger partial charge in [0.15, 0.2) is 0 Å². The largest absolute Gasteiger partial charge is 0.463 e. The van der Waals surface area contributed by atoms with Crippen LogP contribution >= 0.6 is 0 Å². The third-order valence-corrected chi connectivity index (χ3v) is 2.23. The molecule has 0 spiro atoms. The lowest BCUT2D eigenvalue weighted by molar-refractivity contribution is 0.0536. The van der Waals surface area contributed by atoms with E-state index in [0.29, 0.717) is 25.4 Å². The Morgan fingerprint density at radius 2 is 2.24 bits per heavy atom. The Morgan fingerprint density at radius 1 is 1.47 bits per heavy atom. The highest BCUT2D eigenvalue weighted by atomic mass is 16.5. The van der Waals surface area contributed by atoms with Crippen LogP contribution < -0.4 is 0 Å². The number of furan rings is 1. The van der Waals surface area contributed by atoms with Gasteiger partial charge >= 0.3 is 5.97 Å². The molecule has 0 bridgehead atoms. The molecule has 0 fully saturated rings. The van der Waals surface area contributed by atoms with E-state index >= 15 is 0 Å². The molecule has 0 aliphatic rings. The molecule has 0 aromatic carbocycles. The number of esters is 1. The normalized spacial score (nSPS) is 12.4. The lowest BCUT2D eigenvalue weighted by Crippen LogP contribution is -2.03. The number of carbonyl (C=O) groups is 1. The zero-order chi connectivity index (χ0) is 12.7. The highest BCUT2D eigenvalue weighted by molar-refractivity contribution is 5.86. The summed E-state index contributed by atoms with van der Waals surface area (Å²) in [5, 5.41) is 9.76. The SMILES string of the molecule is CCCOCCC(O)c1ccc(C(=O)OC)o1. The number of hydrogen-bond acceptors (Lipinski definition) is 5.